The van der Waals surface area contributed by atoms with Crippen LogP contribution in [0.4, 0.5) is 0 Å². The molecule has 4 rings (SSSR count). The Morgan fingerprint density at radius 1 is 1.36 bits per heavy atom. The second-order valence-electron chi connectivity index (χ2n) is 5.40. The van der Waals surface area contributed by atoms with Crippen LogP contribution >= 0.6 is 11.3 Å². The second kappa shape index (κ2) is 4.84. The van der Waals surface area contributed by atoms with Crippen molar-refractivity contribution in [2.45, 2.75) is 18.8 Å². The fourth-order valence-corrected chi connectivity index (χ4v) is 3.69. The number of carboxylic acids is 1. The van der Waals surface area contributed by atoms with Crippen LogP contribution in [0.3, 0.4) is 0 Å². The number of hydrogen-bond acceptors (Lipinski definition) is 4. The SMILES string of the molecule is COc1ccc(-c2cn3c(C4CC4)c(C(=O)O)sc3n2)cc1. The maximum Gasteiger partial charge on any atom is 0.347 e. The van der Waals surface area contributed by atoms with E-state index in [1.807, 2.05) is 34.9 Å². The molecule has 0 bridgehead atoms. The van der Waals surface area contributed by atoms with Crippen molar-refractivity contribution in [1.29, 1.82) is 0 Å². The van der Waals surface area contributed by atoms with Gasteiger partial charge in [-0.3, -0.25) is 4.40 Å². The van der Waals surface area contributed by atoms with E-state index in [0.717, 1.165) is 40.5 Å². The summed E-state index contributed by atoms with van der Waals surface area (Å²) >= 11 is 1.25. The van der Waals surface area contributed by atoms with Gasteiger partial charge < -0.3 is 9.84 Å². The maximum atomic E-state index is 11.4. The maximum absolute atomic E-state index is 11.4. The summed E-state index contributed by atoms with van der Waals surface area (Å²) < 4.78 is 7.11. The molecule has 1 aromatic carbocycles. The van der Waals surface area contributed by atoms with Gasteiger partial charge >= 0.3 is 5.97 Å². The van der Waals surface area contributed by atoms with Crippen LogP contribution in [0.1, 0.15) is 34.1 Å². The molecule has 22 heavy (non-hydrogen) atoms. The zero-order valence-electron chi connectivity index (χ0n) is 11.9. The van der Waals surface area contributed by atoms with Gasteiger partial charge in [-0.1, -0.05) is 11.3 Å². The molecule has 112 valence electrons. The highest BCUT2D eigenvalue weighted by Gasteiger charge is 2.33. The van der Waals surface area contributed by atoms with Gasteiger partial charge in [0.1, 0.15) is 10.6 Å². The molecule has 1 aliphatic carbocycles. The van der Waals surface area contributed by atoms with Crippen LogP contribution in [0.15, 0.2) is 30.5 Å². The fourth-order valence-electron chi connectivity index (χ4n) is 2.65. The lowest BCUT2D eigenvalue weighted by Crippen LogP contribution is -1.99. The van der Waals surface area contributed by atoms with Crippen LogP contribution in [0.25, 0.3) is 16.2 Å². The molecule has 0 atom stereocenters. The normalized spacial score (nSPS) is 14.4. The van der Waals surface area contributed by atoms with Gasteiger partial charge in [0.2, 0.25) is 0 Å². The molecule has 0 aliphatic heterocycles. The number of carboxylic acid groups (broad SMARTS) is 1. The molecule has 1 fully saturated rings. The first kappa shape index (κ1) is 13.3. The highest BCUT2D eigenvalue weighted by Crippen LogP contribution is 2.44. The average molecular weight is 314 g/mol. The van der Waals surface area contributed by atoms with Gasteiger partial charge in [0, 0.05) is 17.7 Å². The number of thiazole rings is 1. The fraction of sp³-hybridized carbons (Fsp3) is 0.250. The third kappa shape index (κ3) is 2.07. The van der Waals surface area contributed by atoms with E-state index in [9.17, 15) is 9.90 Å². The summed E-state index contributed by atoms with van der Waals surface area (Å²) in [7, 11) is 1.64. The van der Waals surface area contributed by atoms with Crippen LogP contribution in [0.2, 0.25) is 0 Å². The molecule has 0 radical (unpaired) electrons. The highest BCUT2D eigenvalue weighted by molar-refractivity contribution is 7.19. The molecule has 0 unspecified atom stereocenters. The molecule has 3 aromatic rings. The molecule has 2 aromatic heterocycles. The van der Waals surface area contributed by atoms with Crippen molar-refractivity contribution in [3.63, 3.8) is 0 Å². The van der Waals surface area contributed by atoms with Crippen LogP contribution in [-0.4, -0.2) is 27.6 Å². The molecule has 0 amide bonds. The highest BCUT2D eigenvalue weighted by atomic mass is 32.1. The second-order valence-corrected chi connectivity index (χ2v) is 6.38. The van der Waals surface area contributed by atoms with Crippen molar-refractivity contribution < 1.29 is 14.6 Å². The summed E-state index contributed by atoms with van der Waals surface area (Å²) in [5.41, 5.74) is 2.75. The van der Waals surface area contributed by atoms with Gasteiger partial charge in [0.15, 0.2) is 4.96 Å². The summed E-state index contributed by atoms with van der Waals surface area (Å²) in [6.45, 7) is 0. The van der Waals surface area contributed by atoms with Crippen molar-refractivity contribution in [3.8, 4) is 17.0 Å². The lowest BCUT2D eigenvalue weighted by Gasteiger charge is -2.01. The van der Waals surface area contributed by atoms with Gasteiger partial charge in [-0.25, -0.2) is 9.78 Å². The summed E-state index contributed by atoms with van der Waals surface area (Å²) in [6, 6.07) is 7.71. The Kier molecular flexibility index (Phi) is 2.94. The van der Waals surface area contributed by atoms with Gasteiger partial charge in [0.25, 0.3) is 0 Å². The van der Waals surface area contributed by atoms with E-state index in [4.69, 9.17) is 4.74 Å². The Morgan fingerprint density at radius 2 is 2.09 bits per heavy atom. The molecule has 1 N–H and O–H groups in total. The summed E-state index contributed by atoms with van der Waals surface area (Å²) in [4.78, 5) is 17.2. The van der Waals surface area contributed by atoms with E-state index in [0.29, 0.717) is 10.8 Å². The Balaban J connectivity index is 1.82. The van der Waals surface area contributed by atoms with Crippen LogP contribution in [0, 0.1) is 0 Å². The van der Waals surface area contributed by atoms with Crippen molar-refractivity contribution in [2.75, 3.05) is 7.11 Å². The Hall–Kier alpha value is -2.34. The monoisotopic (exact) mass is 314 g/mol. The zero-order valence-corrected chi connectivity index (χ0v) is 12.8. The molecule has 5 nitrogen and oxygen atoms in total. The summed E-state index contributed by atoms with van der Waals surface area (Å²) in [6.07, 6.45) is 4.05. The van der Waals surface area contributed by atoms with E-state index < -0.39 is 5.97 Å². The number of ether oxygens (including phenoxy) is 1. The number of hydrogen-bond donors (Lipinski definition) is 1. The zero-order chi connectivity index (χ0) is 15.3. The van der Waals surface area contributed by atoms with Crippen molar-refractivity contribution in [3.05, 3.63) is 41.0 Å². The van der Waals surface area contributed by atoms with Gasteiger partial charge in [0.05, 0.1) is 18.5 Å². The van der Waals surface area contributed by atoms with Crippen molar-refractivity contribution in [1.82, 2.24) is 9.38 Å². The number of carbonyl (C=O) groups is 1. The third-order valence-electron chi connectivity index (χ3n) is 3.90. The Morgan fingerprint density at radius 3 is 2.68 bits per heavy atom. The van der Waals surface area contributed by atoms with E-state index in [2.05, 4.69) is 4.98 Å². The van der Waals surface area contributed by atoms with E-state index >= 15 is 0 Å². The number of imidazole rings is 1. The van der Waals surface area contributed by atoms with E-state index in [1.165, 1.54) is 11.3 Å². The molecular weight excluding hydrogens is 300 g/mol. The quantitative estimate of drug-likeness (QED) is 0.798. The van der Waals surface area contributed by atoms with Crippen LogP contribution in [0.5, 0.6) is 5.75 Å². The number of aromatic carboxylic acids is 1. The lowest BCUT2D eigenvalue weighted by molar-refractivity contribution is 0.0700. The smallest absolute Gasteiger partial charge is 0.347 e. The lowest BCUT2D eigenvalue weighted by atomic mass is 10.1. The number of benzene rings is 1. The van der Waals surface area contributed by atoms with Crippen LogP contribution in [-0.2, 0) is 0 Å². The van der Waals surface area contributed by atoms with Gasteiger partial charge in [-0.2, -0.15) is 0 Å². The van der Waals surface area contributed by atoms with Gasteiger partial charge in [-0.05, 0) is 37.1 Å². The van der Waals surface area contributed by atoms with E-state index in [1.54, 1.807) is 7.11 Å². The topological polar surface area (TPSA) is 63.8 Å². The molecule has 6 heteroatoms. The molecule has 0 saturated heterocycles. The first-order valence-electron chi connectivity index (χ1n) is 7.07. The summed E-state index contributed by atoms with van der Waals surface area (Å²) in [5, 5.41) is 9.36. The predicted molar refractivity (Wildman–Crippen MR) is 84.0 cm³/mol. The minimum Gasteiger partial charge on any atom is -0.497 e. The van der Waals surface area contributed by atoms with Crippen LogP contribution < -0.4 is 4.74 Å². The average Bonchev–Trinajstić information content (AvgIpc) is 3.16. The standard InChI is InChI=1S/C16H14N2O3S/c1-21-11-6-4-9(5-7-11)12-8-18-13(10-2-3-10)14(15(19)20)22-16(18)17-12/h4-8,10H,2-3H2,1H3,(H,19,20). The Bertz CT molecular complexity index is 860. The molecule has 1 saturated carbocycles. The van der Waals surface area contributed by atoms with E-state index in [-0.39, 0.29) is 0 Å². The predicted octanol–water partition coefficient (Wildman–Crippen LogP) is 3.65. The van der Waals surface area contributed by atoms with Gasteiger partial charge in [-0.15, -0.1) is 0 Å². The van der Waals surface area contributed by atoms with Crippen molar-refractivity contribution >= 4 is 22.3 Å². The number of methoxy groups -OCH3 is 1. The minimum atomic E-state index is -0.858. The molecule has 2 heterocycles. The first-order valence-corrected chi connectivity index (χ1v) is 7.88. The third-order valence-corrected chi connectivity index (χ3v) is 4.96. The number of nitrogens with zero attached hydrogens (tertiary/aromatic N) is 2. The first-order chi connectivity index (χ1) is 10.7. The molecule has 0 spiro atoms. The number of aromatic nitrogens is 2. The largest absolute Gasteiger partial charge is 0.497 e. The van der Waals surface area contributed by atoms with Crippen molar-refractivity contribution in [2.24, 2.45) is 0 Å². The molecule has 1 aliphatic rings. The number of fused-ring (bicyclic) bond motifs is 1. The molecular formula is C16H14N2O3S. The minimum absolute atomic E-state index is 0.359. The number of rotatable bonds is 4. The summed E-state index contributed by atoms with van der Waals surface area (Å²) in [5.74, 6) is 0.303. The Labute approximate surface area is 130 Å².